The molecule has 0 atom stereocenters. The lowest BCUT2D eigenvalue weighted by molar-refractivity contribution is 0.412. The molecule has 1 aromatic heterocycles. The van der Waals surface area contributed by atoms with Gasteiger partial charge in [0.05, 0.1) is 18.1 Å². The minimum absolute atomic E-state index is 0.588. The van der Waals surface area contributed by atoms with Crippen LogP contribution in [0.1, 0.15) is 25.2 Å². The Kier molecular flexibility index (Phi) is 7.72. The SMILES string of the molecule is CCNC(=NCc1ccc(OC)c(Br)c1)NCCn1cnnc1CC. The first kappa shape index (κ1) is 19.2. The van der Waals surface area contributed by atoms with E-state index in [0.717, 1.165) is 53.6 Å². The number of aliphatic imine (C=N–C) groups is 1. The van der Waals surface area contributed by atoms with Crippen molar-refractivity contribution in [1.29, 1.82) is 0 Å². The van der Waals surface area contributed by atoms with Gasteiger partial charge in [0.25, 0.3) is 0 Å². The smallest absolute Gasteiger partial charge is 0.191 e. The van der Waals surface area contributed by atoms with E-state index in [1.165, 1.54) is 0 Å². The van der Waals surface area contributed by atoms with Crippen LogP contribution in [0.3, 0.4) is 0 Å². The first-order valence-corrected chi connectivity index (χ1v) is 9.18. The number of guanidine groups is 1. The van der Waals surface area contributed by atoms with Gasteiger partial charge in [-0.25, -0.2) is 4.99 Å². The molecule has 25 heavy (non-hydrogen) atoms. The summed E-state index contributed by atoms with van der Waals surface area (Å²) in [5.41, 5.74) is 1.11. The first-order chi connectivity index (χ1) is 12.2. The van der Waals surface area contributed by atoms with Crippen LogP contribution in [0.25, 0.3) is 0 Å². The molecule has 2 rings (SSSR count). The molecule has 0 fully saturated rings. The summed E-state index contributed by atoms with van der Waals surface area (Å²) in [7, 11) is 1.66. The molecule has 1 aromatic carbocycles. The normalized spacial score (nSPS) is 11.4. The maximum absolute atomic E-state index is 5.25. The summed E-state index contributed by atoms with van der Waals surface area (Å²) >= 11 is 3.50. The highest BCUT2D eigenvalue weighted by Crippen LogP contribution is 2.25. The summed E-state index contributed by atoms with van der Waals surface area (Å²) in [6.07, 6.45) is 2.64. The lowest BCUT2D eigenvalue weighted by atomic mass is 10.2. The number of rotatable bonds is 8. The van der Waals surface area contributed by atoms with Gasteiger partial charge in [-0.2, -0.15) is 0 Å². The van der Waals surface area contributed by atoms with E-state index in [0.29, 0.717) is 6.54 Å². The van der Waals surface area contributed by atoms with Crippen molar-refractivity contribution >= 4 is 21.9 Å². The zero-order chi connectivity index (χ0) is 18.1. The third-order valence-electron chi connectivity index (χ3n) is 3.64. The summed E-state index contributed by atoms with van der Waals surface area (Å²) in [6.45, 7) is 7.08. The highest BCUT2D eigenvalue weighted by atomic mass is 79.9. The van der Waals surface area contributed by atoms with Crippen LogP contribution in [0.2, 0.25) is 0 Å². The number of halogens is 1. The van der Waals surface area contributed by atoms with Gasteiger partial charge in [-0.3, -0.25) is 0 Å². The molecular weight excluding hydrogens is 384 g/mol. The predicted octanol–water partition coefficient (Wildman–Crippen LogP) is 2.37. The van der Waals surface area contributed by atoms with Crippen molar-refractivity contribution in [3.63, 3.8) is 0 Å². The third kappa shape index (κ3) is 5.74. The van der Waals surface area contributed by atoms with Crippen molar-refractivity contribution in [3.8, 4) is 5.75 Å². The van der Waals surface area contributed by atoms with Gasteiger partial charge >= 0.3 is 0 Å². The average Bonchev–Trinajstić information content (AvgIpc) is 3.07. The molecule has 0 bridgehead atoms. The van der Waals surface area contributed by atoms with Gasteiger partial charge in [0, 0.05) is 26.1 Å². The number of benzene rings is 1. The van der Waals surface area contributed by atoms with Crippen LogP contribution in [0.5, 0.6) is 5.75 Å². The second-order valence-corrected chi connectivity index (χ2v) is 6.24. The van der Waals surface area contributed by atoms with Crippen LogP contribution in [-0.2, 0) is 19.5 Å². The van der Waals surface area contributed by atoms with Crippen molar-refractivity contribution in [2.75, 3.05) is 20.2 Å². The maximum atomic E-state index is 5.25. The standard InChI is InChI=1S/C17H25BrN6O/c1-4-16-23-22-12-24(16)9-8-20-17(19-5-2)21-11-13-6-7-15(25-3)14(18)10-13/h6-7,10,12H,4-5,8-9,11H2,1-3H3,(H2,19,20,21). The second kappa shape index (κ2) is 10.0. The third-order valence-corrected chi connectivity index (χ3v) is 4.26. The molecule has 0 spiro atoms. The molecule has 0 aliphatic heterocycles. The number of hydrogen-bond acceptors (Lipinski definition) is 4. The van der Waals surface area contributed by atoms with Gasteiger partial charge in [0.2, 0.25) is 0 Å². The number of ether oxygens (including phenoxy) is 1. The van der Waals surface area contributed by atoms with E-state index < -0.39 is 0 Å². The summed E-state index contributed by atoms with van der Waals surface area (Å²) in [5.74, 6) is 2.60. The van der Waals surface area contributed by atoms with Crippen LogP contribution in [0.4, 0.5) is 0 Å². The van der Waals surface area contributed by atoms with Gasteiger partial charge < -0.3 is 19.9 Å². The Morgan fingerprint density at radius 2 is 2.16 bits per heavy atom. The molecule has 0 unspecified atom stereocenters. The Morgan fingerprint density at radius 1 is 1.32 bits per heavy atom. The van der Waals surface area contributed by atoms with Crippen molar-refractivity contribution < 1.29 is 4.74 Å². The fraction of sp³-hybridized carbons (Fsp3) is 0.471. The van der Waals surface area contributed by atoms with E-state index in [9.17, 15) is 0 Å². The van der Waals surface area contributed by atoms with Gasteiger partial charge in [-0.15, -0.1) is 10.2 Å². The Bertz CT molecular complexity index is 700. The van der Waals surface area contributed by atoms with Crippen LogP contribution in [0, 0.1) is 0 Å². The van der Waals surface area contributed by atoms with E-state index >= 15 is 0 Å². The molecule has 0 aliphatic carbocycles. The zero-order valence-corrected chi connectivity index (χ0v) is 16.5. The van der Waals surface area contributed by atoms with Crippen LogP contribution in [0.15, 0.2) is 34.0 Å². The molecule has 8 heteroatoms. The van der Waals surface area contributed by atoms with Gasteiger partial charge in [0.15, 0.2) is 5.96 Å². The Morgan fingerprint density at radius 3 is 2.84 bits per heavy atom. The van der Waals surface area contributed by atoms with Crippen LogP contribution < -0.4 is 15.4 Å². The van der Waals surface area contributed by atoms with Gasteiger partial charge in [-0.1, -0.05) is 13.0 Å². The number of aromatic nitrogens is 3. The molecule has 0 saturated heterocycles. The fourth-order valence-corrected chi connectivity index (χ4v) is 2.94. The minimum Gasteiger partial charge on any atom is -0.496 e. The number of nitrogens with zero attached hydrogens (tertiary/aromatic N) is 4. The predicted molar refractivity (Wildman–Crippen MR) is 103 cm³/mol. The highest BCUT2D eigenvalue weighted by Gasteiger charge is 2.04. The van der Waals surface area contributed by atoms with Crippen LogP contribution >= 0.6 is 15.9 Å². The largest absolute Gasteiger partial charge is 0.496 e. The average molecular weight is 409 g/mol. The minimum atomic E-state index is 0.588. The maximum Gasteiger partial charge on any atom is 0.191 e. The van der Waals surface area contributed by atoms with Crippen molar-refractivity contribution in [3.05, 3.63) is 40.4 Å². The first-order valence-electron chi connectivity index (χ1n) is 8.39. The number of nitrogens with one attached hydrogen (secondary N) is 2. The highest BCUT2D eigenvalue weighted by molar-refractivity contribution is 9.10. The van der Waals surface area contributed by atoms with Crippen molar-refractivity contribution in [2.45, 2.75) is 33.4 Å². The van der Waals surface area contributed by atoms with E-state index in [1.807, 2.05) is 18.2 Å². The number of methoxy groups -OCH3 is 1. The Labute approximate surface area is 157 Å². The lowest BCUT2D eigenvalue weighted by Gasteiger charge is -2.12. The van der Waals surface area contributed by atoms with Crippen LogP contribution in [-0.4, -0.2) is 40.9 Å². The van der Waals surface area contributed by atoms with Gasteiger partial charge in [0.1, 0.15) is 17.9 Å². The summed E-state index contributed by atoms with van der Waals surface area (Å²) in [6, 6.07) is 5.98. The van der Waals surface area contributed by atoms with Crippen molar-refractivity contribution in [2.24, 2.45) is 4.99 Å². The quantitative estimate of drug-likeness (QED) is 0.517. The summed E-state index contributed by atoms with van der Waals surface area (Å²) < 4.78 is 8.24. The number of hydrogen-bond donors (Lipinski definition) is 2. The molecule has 0 aliphatic rings. The zero-order valence-electron chi connectivity index (χ0n) is 14.9. The Hall–Kier alpha value is -2.09. The molecule has 0 radical (unpaired) electrons. The molecule has 0 saturated carbocycles. The summed E-state index contributed by atoms with van der Waals surface area (Å²) in [5, 5.41) is 14.6. The van der Waals surface area contributed by atoms with E-state index in [-0.39, 0.29) is 0 Å². The number of aryl methyl sites for hydroxylation is 1. The molecule has 2 aromatic rings. The topological polar surface area (TPSA) is 76.4 Å². The monoisotopic (exact) mass is 408 g/mol. The molecule has 136 valence electrons. The molecule has 2 N–H and O–H groups in total. The molecule has 7 nitrogen and oxygen atoms in total. The van der Waals surface area contributed by atoms with E-state index in [4.69, 9.17) is 4.74 Å². The van der Waals surface area contributed by atoms with Gasteiger partial charge in [-0.05, 0) is 40.5 Å². The second-order valence-electron chi connectivity index (χ2n) is 5.38. The summed E-state index contributed by atoms with van der Waals surface area (Å²) in [4.78, 5) is 4.63. The Balaban J connectivity index is 1.92. The lowest BCUT2D eigenvalue weighted by Crippen LogP contribution is -2.38. The van der Waals surface area contributed by atoms with E-state index in [1.54, 1.807) is 13.4 Å². The van der Waals surface area contributed by atoms with Crippen molar-refractivity contribution in [1.82, 2.24) is 25.4 Å². The molecular formula is C17H25BrN6O. The molecule has 1 heterocycles. The fourth-order valence-electron chi connectivity index (χ4n) is 2.35. The molecule has 0 amide bonds. The van der Waals surface area contributed by atoms with E-state index in [2.05, 4.69) is 60.2 Å².